The molecule has 0 spiro atoms. The zero-order valence-corrected chi connectivity index (χ0v) is 10.8. The van der Waals surface area contributed by atoms with Crippen molar-refractivity contribution in [3.63, 3.8) is 0 Å². The number of aromatic nitrogens is 1. The Kier molecular flexibility index (Phi) is 3.17. The van der Waals surface area contributed by atoms with E-state index in [9.17, 15) is 0 Å². The Balaban J connectivity index is 2.22. The lowest BCUT2D eigenvalue weighted by molar-refractivity contribution is 0.658. The first-order valence-electron chi connectivity index (χ1n) is 6.29. The molecule has 88 valence electrons. The van der Waals surface area contributed by atoms with E-state index in [-0.39, 0.29) is 0 Å². The molecule has 1 aliphatic rings. The van der Waals surface area contributed by atoms with Crippen molar-refractivity contribution < 1.29 is 0 Å². The van der Waals surface area contributed by atoms with Crippen LogP contribution in [0.4, 0.5) is 5.82 Å². The highest BCUT2D eigenvalue weighted by molar-refractivity contribution is 5.48. The van der Waals surface area contributed by atoms with Gasteiger partial charge in [0.15, 0.2) is 0 Å². The van der Waals surface area contributed by atoms with E-state index in [0.717, 1.165) is 19.0 Å². The van der Waals surface area contributed by atoms with Crippen LogP contribution in [0.15, 0.2) is 12.3 Å². The Hall–Kier alpha value is -1.05. The van der Waals surface area contributed by atoms with Crippen LogP contribution in [0.3, 0.4) is 0 Å². The fourth-order valence-corrected chi connectivity index (χ4v) is 2.36. The highest BCUT2D eigenvalue weighted by atomic mass is 15.2. The smallest absolute Gasteiger partial charge is 0.131 e. The molecular formula is C14H22N2. The second-order valence-corrected chi connectivity index (χ2v) is 5.40. The number of nitrogens with zero attached hydrogens (tertiary/aromatic N) is 2. The minimum Gasteiger partial charge on any atom is -0.356 e. The Morgan fingerprint density at radius 3 is 2.69 bits per heavy atom. The van der Waals surface area contributed by atoms with Crippen LogP contribution < -0.4 is 4.90 Å². The van der Waals surface area contributed by atoms with Gasteiger partial charge in [-0.15, -0.1) is 0 Å². The predicted molar refractivity (Wildman–Crippen MR) is 69.1 cm³/mol. The van der Waals surface area contributed by atoms with Gasteiger partial charge in [0.05, 0.1) is 0 Å². The first-order chi connectivity index (χ1) is 7.58. The first kappa shape index (κ1) is 11.4. The monoisotopic (exact) mass is 218 g/mol. The quantitative estimate of drug-likeness (QED) is 0.756. The van der Waals surface area contributed by atoms with E-state index in [1.807, 2.05) is 6.20 Å². The summed E-state index contributed by atoms with van der Waals surface area (Å²) in [4.78, 5) is 7.06. The summed E-state index contributed by atoms with van der Waals surface area (Å²) in [7, 11) is 0. The lowest BCUT2D eigenvalue weighted by atomic mass is 10.0. The minimum atomic E-state index is 0.567. The zero-order valence-electron chi connectivity index (χ0n) is 10.8. The van der Waals surface area contributed by atoms with E-state index in [1.165, 1.54) is 23.4 Å². The van der Waals surface area contributed by atoms with E-state index in [4.69, 9.17) is 0 Å². The van der Waals surface area contributed by atoms with Gasteiger partial charge in [-0.05, 0) is 36.3 Å². The van der Waals surface area contributed by atoms with Gasteiger partial charge in [0.2, 0.25) is 0 Å². The molecule has 2 nitrogen and oxygen atoms in total. The van der Waals surface area contributed by atoms with Gasteiger partial charge < -0.3 is 4.90 Å². The van der Waals surface area contributed by atoms with Gasteiger partial charge >= 0.3 is 0 Å². The Morgan fingerprint density at radius 1 is 1.44 bits per heavy atom. The van der Waals surface area contributed by atoms with E-state index in [0.29, 0.717) is 5.92 Å². The van der Waals surface area contributed by atoms with Crippen LogP contribution in [-0.2, 0) is 0 Å². The average molecular weight is 218 g/mol. The molecule has 1 unspecified atom stereocenters. The number of hydrogen-bond acceptors (Lipinski definition) is 2. The fraction of sp³-hybridized carbons (Fsp3) is 0.643. The number of aryl methyl sites for hydroxylation is 1. The van der Waals surface area contributed by atoms with Crippen LogP contribution in [0.25, 0.3) is 0 Å². The van der Waals surface area contributed by atoms with Gasteiger partial charge in [-0.1, -0.05) is 26.8 Å². The van der Waals surface area contributed by atoms with Gasteiger partial charge in [-0.2, -0.15) is 0 Å². The number of pyridine rings is 1. The second kappa shape index (κ2) is 4.44. The minimum absolute atomic E-state index is 0.567. The zero-order chi connectivity index (χ0) is 11.7. The van der Waals surface area contributed by atoms with Gasteiger partial charge in [0, 0.05) is 19.3 Å². The van der Waals surface area contributed by atoms with Crippen molar-refractivity contribution in [1.82, 2.24) is 4.98 Å². The molecule has 0 aliphatic carbocycles. The Labute approximate surface area is 98.7 Å². The van der Waals surface area contributed by atoms with Crippen molar-refractivity contribution in [2.45, 2.75) is 40.0 Å². The summed E-state index contributed by atoms with van der Waals surface area (Å²) in [6, 6.07) is 2.29. The summed E-state index contributed by atoms with van der Waals surface area (Å²) >= 11 is 0. The Morgan fingerprint density at radius 2 is 2.19 bits per heavy atom. The molecule has 2 heterocycles. The van der Waals surface area contributed by atoms with E-state index in [1.54, 1.807) is 0 Å². The van der Waals surface area contributed by atoms with Gasteiger partial charge in [-0.25, -0.2) is 4.98 Å². The first-order valence-corrected chi connectivity index (χ1v) is 6.29. The van der Waals surface area contributed by atoms with Crippen molar-refractivity contribution in [2.75, 3.05) is 18.0 Å². The molecule has 0 bridgehead atoms. The molecule has 1 saturated heterocycles. The highest BCUT2D eigenvalue weighted by Gasteiger charge is 2.21. The van der Waals surface area contributed by atoms with Crippen molar-refractivity contribution in [3.05, 3.63) is 23.4 Å². The Bertz CT molecular complexity index is 371. The second-order valence-electron chi connectivity index (χ2n) is 5.40. The molecule has 0 amide bonds. The molecule has 0 saturated carbocycles. The fourth-order valence-electron chi connectivity index (χ4n) is 2.36. The molecule has 2 rings (SSSR count). The molecule has 1 aromatic rings. The standard InChI is InChI=1S/C14H22N2/c1-10(2)13-7-12(4)14(15-8-13)16-6-5-11(3)9-16/h7-8,10-11H,5-6,9H2,1-4H3. The molecule has 0 aromatic carbocycles. The lowest BCUT2D eigenvalue weighted by Crippen LogP contribution is -2.21. The van der Waals surface area contributed by atoms with Gasteiger partial charge in [0.1, 0.15) is 5.82 Å². The molecule has 16 heavy (non-hydrogen) atoms. The molecule has 1 aromatic heterocycles. The molecular weight excluding hydrogens is 196 g/mol. The summed E-state index contributed by atoms with van der Waals surface area (Å²) < 4.78 is 0. The number of anilines is 1. The van der Waals surface area contributed by atoms with Crippen molar-refractivity contribution in [3.8, 4) is 0 Å². The number of hydrogen-bond donors (Lipinski definition) is 0. The molecule has 2 heteroatoms. The van der Waals surface area contributed by atoms with E-state index >= 15 is 0 Å². The van der Waals surface area contributed by atoms with Crippen LogP contribution in [0.2, 0.25) is 0 Å². The summed E-state index contributed by atoms with van der Waals surface area (Å²) in [5.74, 6) is 2.57. The average Bonchev–Trinajstić information content (AvgIpc) is 2.64. The SMILES string of the molecule is Cc1cc(C(C)C)cnc1N1CCC(C)C1. The van der Waals surface area contributed by atoms with E-state index < -0.39 is 0 Å². The molecule has 1 atom stereocenters. The van der Waals surface area contributed by atoms with Crippen molar-refractivity contribution in [1.29, 1.82) is 0 Å². The lowest BCUT2D eigenvalue weighted by Gasteiger charge is -2.20. The van der Waals surface area contributed by atoms with Crippen LogP contribution in [0, 0.1) is 12.8 Å². The summed E-state index contributed by atoms with van der Waals surface area (Å²) in [5.41, 5.74) is 2.66. The molecule has 0 radical (unpaired) electrons. The van der Waals surface area contributed by atoms with Crippen molar-refractivity contribution >= 4 is 5.82 Å². The maximum atomic E-state index is 4.64. The van der Waals surface area contributed by atoms with Crippen LogP contribution in [0.1, 0.15) is 44.2 Å². The third-order valence-corrected chi connectivity index (χ3v) is 3.46. The largest absolute Gasteiger partial charge is 0.356 e. The summed E-state index contributed by atoms with van der Waals surface area (Å²) in [5, 5.41) is 0. The molecule has 1 fully saturated rings. The third-order valence-electron chi connectivity index (χ3n) is 3.46. The van der Waals surface area contributed by atoms with E-state index in [2.05, 4.69) is 43.6 Å². The van der Waals surface area contributed by atoms with Gasteiger partial charge in [-0.3, -0.25) is 0 Å². The van der Waals surface area contributed by atoms with Crippen LogP contribution in [-0.4, -0.2) is 18.1 Å². The molecule has 0 N–H and O–H groups in total. The topological polar surface area (TPSA) is 16.1 Å². The van der Waals surface area contributed by atoms with Crippen molar-refractivity contribution in [2.24, 2.45) is 5.92 Å². The number of rotatable bonds is 2. The highest BCUT2D eigenvalue weighted by Crippen LogP contribution is 2.26. The summed E-state index contributed by atoms with van der Waals surface area (Å²) in [6.45, 7) is 11.3. The van der Waals surface area contributed by atoms with Crippen LogP contribution >= 0.6 is 0 Å². The normalized spacial score (nSPS) is 20.8. The third kappa shape index (κ3) is 2.21. The maximum Gasteiger partial charge on any atom is 0.131 e. The van der Waals surface area contributed by atoms with Crippen LogP contribution in [0.5, 0.6) is 0 Å². The summed E-state index contributed by atoms with van der Waals surface area (Å²) in [6.07, 6.45) is 3.34. The predicted octanol–water partition coefficient (Wildman–Crippen LogP) is 3.36. The maximum absolute atomic E-state index is 4.64. The van der Waals surface area contributed by atoms with Gasteiger partial charge in [0.25, 0.3) is 0 Å². The molecule has 1 aliphatic heterocycles.